The molecule has 2 aromatic carbocycles. The van der Waals surface area contributed by atoms with Crippen LogP contribution in [0.4, 0.5) is 0 Å². The van der Waals surface area contributed by atoms with Gasteiger partial charge in [-0.05, 0) is 30.5 Å². The number of methoxy groups -OCH3 is 1. The maximum Gasteiger partial charge on any atom is 0.191 e. The van der Waals surface area contributed by atoms with Crippen molar-refractivity contribution in [3.63, 3.8) is 0 Å². The third-order valence-electron chi connectivity index (χ3n) is 4.60. The van der Waals surface area contributed by atoms with Crippen LogP contribution in [-0.4, -0.2) is 35.7 Å². The molecule has 0 aliphatic carbocycles. The second-order valence-electron chi connectivity index (χ2n) is 6.64. The number of guanidine groups is 1. The number of benzene rings is 2. The third-order valence-corrected chi connectivity index (χ3v) is 4.60. The summed E-state index contributed by atoms with van der Waals surface area (Å²) in [7, 11) is 1.70. The van der Waals surface area contributed by atoms with E-state index >= 15 is 0 Å². The van der Waals surface area contributed by atoms with Crippen LogP contribution in [0.1, 0.15) is 23.9 Å². The minimum absolute atomic E-state index is 0. The monoisotopic (exact) mass is 519 g/mol. The molecule has 0 saturated carbocycles. The van der Waals surface area contributed by atoms with Crippen LogP contribution in [0.15, 0.2) is 72.0 Å². The zero-order valence-electron chi connectivity index (χ0n) is 17.5. The predicted molar refractivity (Wildman–Crippen MR) is 133 cm³/mol. The lowest BCUT2D eigenvalue weighted by molar-refractivity contribution is 0.409. The lowest BCUT2D eigenvalue weighted by Gasteiger charge is -2.13. The van der Waals surface area contributed by atoms with Gasteiger partial charge in [-0.15, -0.1) is 24.0 Å². The molecule has 7 heteroatoms. The number of ether oxygens (including phenoxy) is 1. The normalized spacial score (nSPS) is 10.9. The average Bonchev–Trinajstić information content (AvgIpc) is 3.20. The molecule has 0 aliphatic rings. The first-order valence-electron chi connectivity index (χ1n) is 9.98. The Morgan fingerprint density at radius 3 is 2.60 bits per heavy atom. The number of para-hydroxylation sites is 1. The molecule has 3 aromatic rings. The van der Waals surface area contributed by atoms with Gasteiger partial charge in [0.15, 0.2) is 5.96 Å². The highest BCUT2D eigenvalue weighted by atomic mass is 127. The van der Waals surface area contributed by atoms with E-state index in [1.165, 1.54) is 11.1 Å². The zero-order chi connectivity index (χ0) is 20.3. The van der Waals surface area contributed by atoms with E-state index in [0.29, 0.717) is 6.54 Å². The van der Waals surface area contributed by atoms with Crippen molar-refractivity contribution in [2.45, 2.75) is 26.4 Å². The molecule has 2 N–H and O–H groups in total. The number of aromatic nitrogens is 2. The molecule has 0 radical (unpaired) electrons. The number of rotatable bonds is 9. The molecule has 1 aromatic heterocycles. The number of hydrogen-bond acceptors (Lipinski definition) is 3. The molecule has 0 fully saturated rings. The van der Waals surface area contributed by atoms with Crippen LogP contribution in [0, 0.1) is 0 Å². The van der Waals surface area contributed by atoms with Gasteiger partial charge in [0.1, 0.15) is 18.1 Å². The topological polar surface area (TPSA) is 63.5 Å². The largest absolute Gasteiger partial charge is 0.496 e. The molecule has 3 rings (SSSR count). The van der Waals surface area contributed by atoms with Gasteiger partial charge in [0.25, 0.3) is 0 Å². The summed E-state index contributed by atoms with van der Waals surface area (Å²) in [6, 6.07) is 18.5. The molecule has 160 valence electrons. The van der Waals surface area contributed by atoms with Crippen LogP contribution < -0.4 is 15.4 Å². The van der Waals surface area contributed by atoms with Gasteiger partial charge in [-0.2, -0.15) is 0 Å². The molecule has 30 heavy (non-hydrogen) atoms. The molecule has 0 unspecified atom stereocenters. The van der Waals surface area contributed by atoms with E-state index in [1.807, 2.05) is 36.7 Å². The first-order valence-corrected chi connectivity index (χ1v) is 9.98. The van der Waals surface area contributed by atoms with Crippen molar-refractivity contribution in [3.8, 4) is 5.75 Å². The first kappa shape index (κ1) is 23.7. The van der Waals surface area contributed by atoms with Gasteiger partial charge in [-0.3, -0.25) is 0 Å². The van der Waals surface area contributed by atoms with Gasteiger partial charge in [0.2, 0.25) is 0 Å². The van der Waals surface area contributed by atoms with Crippen LogP contribution in [0.5, 0.6) is 5.75 Å². The van der Waals surface area contributed by atoms with Crippen LogP contribution in [0.3, 0.4) is 0 Å². The Bertz CT molecular complexity index is 911. The highest BCUT2D eigenvalue weighted by Crippen LogP contribution is 2.17. The van der Waals surface area contributed by atoms with E-state index in [0.717, 1.165) is 43.6 Å². The minimum atomic E-state index is 0. The van der Waals surface area contributed by atoms with Gasteiger partial charge in [0.05, 0.1) is 7.11 Å². The lowest BCUT2D eigenvalue weighted by atomic mass is 10.1. The average molecular weight is 519 g/mol. The fraction of sp³-hybridized carbons (Fsp3) is 0.304. The van der Waals surface area contributed by atoms with Crippen LogP contribution in [0.2, 0.25) is 0 Å². The van der Waals surface area contributed by atoms with Crippen LogP contribution in [-0.2, 0) is 19.5 Å². The predicted octanol–water partition coefficient (Wildman–Crippen LogP) is 3.86. The van der Waals surface area contributed by atoms with E-state index in [-0.39, 0.29) is 24.0 Å². The minimum Gasteiger partial charge on any atom is -0.496 e. The van der Waals surface area contributed by atoms with Crippen LogP contribution in [0.25, 0.3) is 0 Å². The Morgan fingerprint density at radius 2 is 1.83 bits per heavy atom. The summed E-state index contributed by atoms with van der Waals surface area (Å²) in [5.41, 5.74) is 2.43. The summed E-state index contributed by atoms with van der Waals surface area (Å²) < 4.78 is 7.56. The number of imidazole rings is 1. The van der Waals surface area contributed by atoms with Gasteiger partial charge >= 0.3 is 0 Å². The van der Waals surface area contributed by atoms with Crippen molar-refractivity contribution >= 4 is 29.9 Å². The molecular weight excluding hydrogens is 489 g/mol. The Kier molecular flexibility index (Phi) is 10.2. The summed E-state index contributed by atoms with van der Waals surface area (Å²) >= 11 is 0. The summed E-state index contributed by atoms with van der Waals surface area (Å²) in [5.74, 6) is 2.65. The summed E-state index contributed by atoms with van der Waals surface area (Å²) in [5, 5.41) is 6.70. The van der Waals surface area contributed by atoms with Crippen molar-refractivity contribution in [1.29, 1.82) is 0 Å². The van der Waals surface area contributed by atoms with E-state index in [2.05, 4.69) is 57.4 Å². The smallest absolute Gasteiger partial charge is 0.191 e. The van der Waals surface area contributed by atoms with Crippen molar-refractivity contribution < 1.29 is 4.74 Å². The number of nitrogens with one attached hydrogen (secondary N) is 2. The second kappa shape index (κ2) is 12.9. The van der Waals surface area contributed by atoms with Gasteiger partial charge in [-0.1, -0.05) is 48.5 Å². The van der Waals surface area contributed by atoms with E-state index in [4.69, 9.17) is 9.73 Å². The maximum atomic E-state index is 5.42. The fourth-order valence-corrected chi connectivity index (χ4v) is 3.13. The number of halogens is 1. The van der Waals surface area contributed by atoms with Crippen molar-refractivity contribution in [3.05, 3.63) is 83.9 Å². The van der Waals surface area contributed by atoms with E-state index in [1.54, 1.807) is 7.11 Å². The highest BCUT2D eigenvalue weighted by molar-refractivity contribution is 14.0. The molecule has 0 saturated heterocycles. The maximum absolute atomic E-state index is 5.42. The Labute approximate surface area is 195 Å². The zero-order valence-corrected chi connectivity index (χ0v) is 19.9. The van der Waals surface area contributed by atoms with Crippen molar-refractivity contribution in [2.75, 3.05) is 20.2 Å². The molecule has 0 amide bonds. The first-order chi connectivity index (χ1) is 14.3. The second-order valence-corrected chi connectivity index (χ2v) is 6.64. The SMILES string of the molecule is CCNC(=NCc1nccn1Cc1ccccc1)NCCc1ccccc1OC.I. The Balaban J connectivity index is 0.00000320. The Morgan fingerprint density at radius 1 is 1.07 bits per heavy atom. The lowest BCUT2D eigenvalue weighted by Crippen LogP contribution is -2.38. The van der Waals surface area contributed by atoms with Crippen molar-refractivity contribution in [1.82, 2.24) is 20.2 Å². The highest BCUT2D eigenvalue weighted by Gasteiger charge is 2.05. The summed E-state index contributed by atoms with van der Waals surface area (Å²) in [6.45, 7) is 4.95. The standard InChI is InChI=1S/C23H29N5O.HI/c1-3-24-23(26-14-13-20-11-7-8-12-21(20)29-2)27-17-22-25-15-16-28(22)18-19-9-5-4-6-10-19;/h4-12,15-16H,3,13-14,17-18H2,1-2H3,(H2,24,26,27);1H. The molecule has 0 bridgehead atoms. The number of hydrogen-bond donors (Lipinski definition) is 2. The third kappa shape index (κ3) is 7.05. The van der Waals surface area contributed by atoms with Gasteiger partial charge < -0.3 is 19.9 Å². The number of aliphatic imine (C=N–C) groups is 1. The molecular formula is C23H30IN5O. The van der Waals surface area contributed by atoms with Gasteiger partial charge in [0, 0.05) is 32.0 Å². The van der Waals surface area contributed by atoms with Crippen molar-refractivity contribution in [2.24, 2.45) is 4.99 Å². The Hall–Kier alpha value is -2.55. The van der Waals surface area contributed by atoms with E-state index in [9.17, 15) is 0 Å². The molecule has 0 spiro atoms. The summed E-state index contributed by atoms with van der Waals surface area (Å²) in [4.78, 5) is 9.19. The molecule has 1 heterocycles. The van der Waals surface area contributed by atoms with Crippen LogP contribution >= 0.6 is 24.0 Å². The molecule has 6 nitrogen and oxygen atoms in total. The quantitative estimate of drug-likeness (QED) is 0.256. The van der Waals surface area contributed by atoms with Gasteiger partial charge in [-0.25, -0.2) is 9.98 Å². The fourth-order valence-electron chi connectivity index (χ4n) is 3.13. The summed E-state index contributed by atoms with van der Waals surface area (Å²) in [6.07, 6.45) is 4.69. The molecule has 0 aliphatic heterocycles. The van der Waals surface area contributed by atoms with E-state index < -0.39 is 0 Å². The number of nitrogens with zero attached hydrogens (tertiary/aromatic N) is 3. The molecule has 0 atom stereocenters.